The summed E-state index contributed by atoms with van der Waals surface area (Å²) in [5.41, 5.74) is 0. The van der Waals surface area contributed by atoms with Crippen LogP contribution in [0.1, 0.15) is 13.8 Å². The molecule has 4 heteroatoms. The third-order valence-corrected chi connectivity index (χ3v) is 2.83. The molecule has 16 heavy (non-hydrogen) atoms. The Morgan fingerprint density at radius 1 is 1.38 bits per heavy atom. The SMILES string of the molecule is COc1ccc(OC2CN(C(C)C)C2)cn1. The first-order chi connectivity index (χ1) is 7.69. The lowest BCUT2D eigenvalue weighted by Crippen LogP contribution is -2.56. The summed E-state index contributed by atoms with van der Waals surface area (Å²) in [6.07, 6.45) is 2.01. The molecule has 2 heterocycles. The van der Waals surface area contributed by atoms with E-state index in [9.17, 15) is 0 Å². The molecule has 1 aliphatic heterocycles. The molecule has 0 unspecified atom stereocenters. The quantitative estimate of drug-likeness (QED) is 0.774. The second-order valence-corrected chi connectivity index (χ2v) is 4.32. The van der Waals surface area contributed by atoms with Crippen molar-refractivity contribution in [3.8, 4) is 11.6 Å². The summed E-state index contributed by atoms with van der Waals surface area (Å²) in [6.45, 7) is 6.41. The van der Waals surface area contributed by atoms with E-state index >= 15 is 0 Å². The molecule has 1 aromatic rings. The van der Waals surface area contributed by atoms with Gasteiger partial charge in [-0.3, -0.25) is 4.90 Å². The van der Waals surface area contributed by atoms with Gasteiger partial charge in [-0.05, 0) is 19.9 Å². The predicted molar refractivity (Wildman–Crippen MR) is 61.9 cm³/mol. The zero-order chi connectivity index (χ0) is 11.5. The van der Waals surface area contributed by atoms with Gasteiger partial charge < -0.3 is 9.47 Å². The molecular weight excluding hydrogens is 204 g/mol. The Hall–Kier alpha value is -1.29. The molecule has 1 aromatic heterocycles. The average Bonchev–Trinajstić information content (AvgIpc) is 2.23. The minimum atomic E-state index is 0.303. The number of likely N-dealkylation sites (tertiary alicyclic amines) is 1. The molecule has 2 rings (SSSR count). The second kappa shape index (κ2) is 4.70. The number of rotatable bonds is 4. The normalized spacial score (nSPS) is 17.2. The highest BCUT2D eigenvalue weighted by Gasteiger charge is 2.29. The Balaban J connectivity index is 1.82. The standard InChI is InChI=1S/C12H18N2O2/c1-9(2)14-7-11(8-14)16-10-4-5-12(15-3)13-6-10/h4-6,9,11H,7-8H2,1-3H3. The maximum atomic E-state index is 5.77. The van der Waals surface area contributed by atoms with Crippen molar-refractivity contribution in [2.24, 2.45) is 0 Å². The molecule has 0 radical (unpaired) electrons. The number of nitrogens with zero attached hydrogens (tertiary/aromatic N) is 2. The molecular formula is C12H18N2O2. The minimum absolute atomic E-state index is 0.303. The minimum Gasteiger partial charge on any atom is -0.486 e. The van der Waals surface area contributed by atoms with Crippen LogP contribution in [0.4, 0.5) is 0 Å². The average molecular weight is 222 g/mol. The number of pyridine rings is 1. The molecule has 1 saturated heterocycles. The van der Waals surface area contributed by atoms with E-state index in [4.69, 9.17) is 9.47 Å². The van der Waals surface area contributed by atoms with Gasteiger partial charge in [-0.25, -0.2) is 4.98 Å². The van der Waals surface area contributed by atoms with Gasteiger partial charge in [0.1, 0.15) is 11.9 Å². The lowest BCUT2D eigenvalue weighted by molar-refractivity contribution is -0.0000747. The van der Waals surface area contributed by atoms with E-state index in [-0.39, 0.29) is 0 Å². The molecule has 0 N–H and O–H groups in total. The van der Waals surface area contributed by atoms with Crippen molar-refractivity contribution in [3.05, 3.63) is 18.3 Å². The third kappa shape index (κ3) is 2.44. The van der Waals surface area contributed by atoms with Gasteiger partial charge in [-0.2, -0.15) is 0 Å². The molecule has 0 spiro atoms. The van der Waals surface area contributed by atoms with E-state index in [1.807, 2.05) is 12.1 Å². The highest BCUT2D eigenvalue weighted by atomic mass is 16.5. The number of hydrogen-bond donors (Lipinski definition) is 0. The monoisotopic (exact) mass is 222 g/mol. The van der Waals surface area contributed by atoms with Crippen LogP contribution < -0.4 is 9.47 Å². The number of hydrogen-bond acceptors (Lipinski definition) is 4. The van der Waals surface area contributed by atoms with E-state index in [2.05, 4.69) is 23.7 Å². The van der Waals surface area contributed by atoms with Gasteiger partial charge in [0.15, 0.2) is 0 Å². The van der Waals surface area contributed by atoms with Crippen molar-refractivity contribution in [3.63, 3.8) is 0 Å². The fourth-order valence-electron chi connectivity index (χ4n) is 1.72. The molecule has 0 aliphatic carbocycles. The summed E-state index contributed by atoms with van der Waals surface area (Å²) >= 11 is 0. The van der Waals surface area contributed by atoms with E-state index < -0.39 is 0 Å². The van der Waals surface area contributed by atoms with Crippen LogP contribution in [0.25, 0.3) is 0 Å². The molecule has 88 valence electrons. The highest BCUT2D eigenvalue weighted by Crippen LogP contribution is 2.20. The molecule has 0 amide bonds. The van der Waals surface area contributed by atoms with Crippen LogP contribution in [0.5, 0.6) is 11.6 Å². The number of aromatic nitrogens is 1. The fourth-order valence-corrected chi connectivity index (χ4v) is 1.72. The highest BCUT2D eigenvalue weighted by molar-refractivity contribution is 5.23. The first-order valence-electron chi connectivity index (χ1n) is 5.60. The zero-order valence-electron chi connectivity index (χ0n) is 10.0. The van der Waals surface area contributed by atoms with Crippen molar-refractivity contribution in [1.29, 1.82) is 0 Å². The van der Waals surface area contributed by atoms with Gasteiger partial charge in [-0.1, -0.05) is 0 Å². The van der Waals surface area contributed by atoms with E-state index in [0.717, 1.165) is 18.8 Å². The van der Waals surface area contributed by atoms with Gasteiger partial charge >= 0.3 is 0 Å². The molecule has 1 fully saturated rings. The largest absolute Gasteiger partial charge is 0.486 e. The third-order valence-electron chi connectivity index (χ3n) is 2.83. The van der Waals surface area contributed by atoms with E-state index in [1.54, 1.807) is 13.3 Å². The van der Waals surface area contributed by atoms with E-state index in [1.165, 1.54) is 0 Å². The summed E-state index contributed by atoms with van der Waals surface area (Å²) < 4.78 is 10.8. The van der Waals surface area contributed by atoms with Crippen LogP contribution in [0.2, 0.25) is 0 Å². The molecule has 0 saturated carbocycles. The predicted octanol–water partition coefficient (Wildman–Crippen LogP) is 1.56. The van der Waals surface area contributed by atoms with Gasteiger partial charge in [0.25, 0.3) is 0 Å². The van der Waals surface area contributed by atoms with Crippen molar-refractivity contribution in [2.45, 2.75) is 26.0 Å². The lowest BCUT2D eigenvalue weighted by Gasteiger charge is -2.41. The van der Waals surface area contributed by atoms with Crippen LogP contribution in [-0.2, 0) is 0 Å². The Morgan fingerprint density at radius 2 is 2.12 bits per heavy atom. The van der Waals surface area contributed by atoms with Crippen LogP contribution in [0.15, 0.2) is 18.3 Å². The Morgan fingerprint density at radius 3 is 2.62 bits per heavy atom. The first kappa shape index (κ1) is 11.2. The van der Waals surface area contributed by atoms with E-state index in [0.29, 0.717) is 18.0 Å². The van der Waals surface area contributed by atoms with Crippen LogP contribution in [-0.4, -0.2) is 42.2 Å². The van der Waals surface area contributed by atoms with Gasteiger partial charge in [-0.15, -0.1) is 0 Å². The fraction of sp³-hybridized carbons (Fsp3) is 0.583. The smallest absolute Gasteiger partial charge is 0.213 e. The van der Waals surface area contributed by atoms with Crippen molar-refractivity contribution >= 4 is 0 Å². The lowest BCUT2D eigenvalue weighted by atomic mass is 10.1. The molecule has 1 aliphatic rings. The van der Waals surface area contributed by atoms with Crippen LogP contribution in [0, 0.1) is 0 Å². The Labute approximate surface area is 96.2 Å². The number of methoxy groups -OCH3 is 1. The number of ether oxygens (including phenoxy) is 2. The molecule has 0 aromatic carbocycles. The molecule has 0 bridgehead atoms. The van der Waals surface area contributed by atoms with Crippen molar-refractivity contribution < 1.29 is 9.47 Å². The van der Waals surface area contributed by atoms with Gasteiger partial charge in [0, 0.05) is 25.2 Å². The molecule has 0 atom stereocenters. The van der Waals surface area contributed by atoms with Crippen LogP contribution in [0.3, 0.4) is 0 Å². The summed E-state index contributed by atoms with van der Waals surface area (Å²) in [5.74, 6) is 1.43. The first-order valence-corrected chi connectivity index (χ1v) is 5.60. The van der Waals surface area contributed by atoms with Crippen LogP contribution >= 0.6 is 0 Å². The summed E-state index contributed by atoms with van der Waals surface area (Å²) in [4.78, 5) is 6.48. The van der Waals surface area contributed by atoms with Gasteiger partial charge in [0.05, 0.1) is 13.3 Å². The summed E-state index contributed by atoms with van der Waals surface area (Å²) in [5, 5.41) is 0. The molecule has 4 nitrogen and oxygen atoms in total. The summed E-state index contributed by atoms with van der Waals surface area (Å²) in [7, 11) is 1.61. The maximum Gasteiger partial charge on any atom is 0.213 e. The Kier molecular flexibility index (Phi) is 3.29. The Bertz CT molecular complexity index is 331. The summed E-state index contributed by atoms with van der Waals surface area (Å²) in [6, 6.07) is 4.31. The van der Waals surface area contributed by atoms with Gasteiger partial charge in [0.2, 0.25) is 5.88 Å². The second-order valence-electron chi connectivity index (χ2n) is 4.32. The van der Waals surface area contributed by atoms with Crippen molar-refractivity contribution in [1.82, 2.24) is 9.88 Å². The van der Waals surface area contributed by atoms with Crippen molar-refractivity contribution in [2.75, 3.05) is 20.2 Å². The zero-order valence-corrected chi connectivity index (χ0v) is 10.0. The topological polar surface area (TPSA) is 34.6 Å². The maximum absolute atomic E-state index is 5.77.